The summed E-state index contributed by atoms with van der Waals surface area (Å²) in [5.41, 5.74) is 7.95. The predicted octanol–water partition coefficient (Wildman–Crippen LogP) is 4.42. The molecular weight excluding hydrogens is 238 g/mol. The molecule has 0 radical (unpaired) electrons. The summed E-state index contributed by atoms with van der Waals surface area (Å²) in [5, 5.41) is 0.647. The maximum Gasteiger partial charge on any atom is 0.0105 e. The molecule has 0 spiro atoms. The van der Waals surface area contributed by atoms with E-state index in [2.05, 4.69) is 52.0 Å². The summed E-state index contributed by atoms with van der Waals surface area (Å²) in [6.07, 6.45) is 2.31. The molecule has 1 aromatic carbocycles. The molecule has 18 heavy (non-hydrogen) atoms. The fraction of sp³-hybridized carbons (Fsp3) is 0.625. The Kier molecular flexibility index (Phi) is 4.08. The van der Waals surface area contributed by atoms with E-state index in [-0.39, 0.29) is 0 Å². The zero-order chi connectivity index (χ0) is 13.3. The van der Waals surface area contributed by atoms with E-state index in [1.807, 2.05) is 11.8 Å². The van der Waals surface area contributed by atoms with Crippen molar-refractivity contribution >= 4 is 11.8 Å². The third-order valence-electron chi connectivity index (χ3n) is 4.55. The Morgan fingerprint density at radius 2 is 1.94 bits per heavy atom. The lowest BCUT2D eigenvalue weighted by Crippen LogP contribution is -2.54. The van der Waals surface area contributed by atoms with E-state index in [1.54, 1.807) is 0 Å². The van der Waals surface area contributed by atoms with Crippen LogP contribution in [-0.4, -0.2) is 11.3 Å². The van der Waals surface area contributed by atoms with Gasteiger partial charge in [0, 0.05) is 16.2 Å². The lowest BCUT2D eigenvalue weighted by Gasteiger charge is -2.53. The minimum Gasteiger partial charge on any atom is -0.327 e. The van der Waals surface area contributed by atoms with Crippen molar-refractivity contribution < 1.29 is 0 Å². The highest BCUT2D eigenvalue weighted by molar-refractivity contribution is 7.99. The van der Waals surface area contributed by atoms with Crippen LogP contribution in [0.1, 0.15) is 52.0 Å². The van der Waals surface area contributed by atoms with E-state index in [1.165, 1.54) is 16.9 Å². The standard InChI is InChI=1S/C16H25NS/c1-5-16(4)14(10-15(16)17)12-6-8-13(9-7-12)18-11(2)3/h6-9,11,14-15H,5,10,17H2,1-4H3. The molecule has 0 amide bonds. The molecule has 1 nitrogen and oxygen atoms in total. The van der Waals surface area contributed by atoms with Crippen LogP contribution < -0.4 is 5.73 Å². The summed E-state index contributed by atoms with van der Waals surface area (Å²) in [5.74, 6) is 0.649. The van der Waals surface area contributed by atoms with E-state index < -0.39 is 0 Å². The summed E-state index contributed by atoms with van der Waals surface area (Å²) in [6, 6.07) is 9.50. The van der Waals surface area contributed by atoms with Crippen LogP contribution >= 0.6 is 11.8 Å². The predicted molar refractivity (Wildman–Crippen MR) is 81.2 cm³/mol. The molecule has 3 unspecified atom stereocenters. The Bertz CT molecular complexity index is 398. The number of hydrogen-bond acceptors (Lipinski definition) is 2. The maximum absolute atomic E-state index is 6.19. The van der Waals surface area contributed by atoms with Gasteiger partial charge in [0.25, 0.3) is 0 Å². The van der Waals surface area contributed by atoms with Gasteiger partial charge in [-0.2, -0.15) is 0 Å². The van der Waals surface area contributed by atoms with Gasteiger partial charge in [0.15, 0.2) is 0 Å². The van der Waals surface area contributed by atoms with Gasteiger partial charge >= 0.3 is 0 Å². The van der Waals surface area contributed by atoms with E-state index in [4.69, 9.17) is 5.73 Å². The van der Waals surface area contributed by atoms with Crippen LogP contribution in [0.15, 0.2) is 29.2 Å². The van der Waals surface area contributed by atoms with Crippen LogP contribution in [0.25, 0.3) is 0 Å². The quantitative estimate of drug-likeness (QED) is 0.814. The largest absolute Gasteiger partial charge is 0.327 e. The number of benzene rings is 1. The Labute approximate surface area is 116 Å². The highest BCUT2D eigenvalue weighted by atomic mass is 32.2. The molecule has 2 heteroatoms. The minimum absolute atomic E-state index is 0.298. The van der Waals surface area contributed by atoms with Crippen LogP contribution in [-0.2, 0) is 0 Å². The Balaban J connectivity index is 2.11. The first-order valence-electron chi connectivity index (χ1n) is 6.99. The molecule has 100 valence electrons. The smallest absolute Gasteiger partial charge is 0.0105 e. The van der Waals surface area contributed by atoms with Crippen molar-refractivity contribution in [1.82, 2.24) is 0 Å². The van der Waals surface area contributed by atoms with Gasteiger partial charge in [0.1, 0.15) is 0 Å². The molecule has 1 aliphatic carbocycles. The van der Waals surface area contributed by atoms with Crippen molar-refractivity contribution in [3.8, 4) is 0 Å². The molecule has 1 saturated carbocycles. The Morgan fingerprint density at radius 3 is 2.39 bits per heavy atom. The van der Waals surface area contributed by atoms with Gasteiger partial charge in [-0.15, -0.1) is 11.8 Å². The molecule has 1 fully saturated rings. The maximum atomic E-state index is 6.19. The Hall–Kier alpha value is -0.470. The van der Waals surface area contributed by atoms with Gasteiger partial charge in [0.05, 0.1) is 0 Å². The first-order valence-corrected chi connectivity index (χ1v) is 7.87. The van der Waals surface area contributed by atoms with Gasteiger partial charge in [-0.1, -0.05) is 39.8 Å². The van der Waals surface area contributed by atoms with E-state index in [0.717, 1.165) is 6.42 Å². The number of nitrogens with two attached hydrogens (primary N) is 1. The molecule has 2 N–H and O–H groups in total. The van der Waals surface area contributed by atoms with Crippen molar-refractivity contribution in [2.24, 2.45) is 11.1 Å². The van der Waals surface area contributed by atoms with Crippen LogP contribution in [0, 0.1) is 5.41 Å². The number of rotatable bonds is 4. The Morgan fingerprint density at radius 1 is 1.33 bits per heavy atom. The number of thioether (sulfide) groups is 1. The lowest BCUT2D eigenvalue weighted by atomic mass is 9.54. The highest BCUT2D eigenvalue weighted by Crippen LogP contribution is 2.53. The lowest BCUT2D eigenvalue weighted by molar-refractivity contribution is 0.0706. The van der Waals surface area contributed by atoms with Crippen molar-refractivity contribution in [2.45, 2.75) is 62.6 Å². The van der Waals surface area contributed by atoms with Gasteiger partial charge in [-0.05, 0) is 41.9 Å². The van der Waals surface area contributed by atoms with Crippen LogP contribution in [0.2, 0.25) is 0 Å². The van der Waals surface area contributed by atoms with Crippen molar-refractivity contribution in [3.05, 3.63) is 29.8 Å². The summed E-state index contributed by atoms with van der Waals surface area (Å²) in [7, 11) is 0. The average molecular weight is 263 g/mol. The summed E-state index contributed by atoms with van der Waals surface area (Å²) in [4.78, 5) is 1.37. The highest BCUT2D eigenvalue weighted by Gasteiger charge is 2.48. The topological polar surface area (TPSA) is 26.0 Å². The molecule has 3 atom stereocenters. The molecular formula is C16H25NS. The SMILES string of the molecule is CCC1(C)C(N)CC1c1ccc(SC(C)C)cc1. The van der Waals surface area contributed by atoms with Crippen LogP contribution in [0.4, 0.5) is 0 Å². The van der Waals surface area contributed by atoms with E-state index >= 15 is 0 Å². The van der Waals surface area contributed by atoms with Crippen molar-refractivity contribution in [1.29, 1.82) is 0 Å². The van der Waals surface area contributed by atoms with Crippen LogP contribution in [0.5, 0.6) is 0 Å². The third-order valence-corrected chi connectivity index (χ3v) is 5.56. The first kappa shape index (κ1) is 14.0. The second kappa shape index (κ2) is 5.26. The van der Waals surface area contributed by atoms with Gasteiger partial charge in [0.2, 0.25) is 0 Å². The summed E-state index contributed by atoms with van der Waals surface area (Å²) < 4.78 is 0. The fourth-order valence-corrected chi connectivity index (χ4v) is 3.80. The molecule has 0 saturated heterocycles. The monoisotopic (exact) mass is 263 g/mol. The molecule has 0 heterocycles. The molecule has 1 aromatic rings. The second-order valence-electron chi connectivity index (χ2n) is 5.99. The molecule has 0 bridgehead atoms. The molecule has 1 aliphatic rings. The van der Waals surface area contributed by atoms with Gasteiger partial charge in [-0.3, -0.25) is 0 Å². The van der Waals surface area contributed by atoms with E-state index in [9.17, 15) is 0 Å². The third kappa shape index (κ3) is 2.46. The number of hydrogen-bond donors (Lipinski definition) is 1. The van der Waals surface area contributed by atoms with Crippen molar-refractivity contribution in [3.63, 3.8) is 0 Å². The second-order valence-corrected chi connectivity index (χ2v) is 7.64. The summed E-state index contributed by atoms with van der Waals surface area (Å²) >= 11 is 1.93. The minimum atomic E-state index is 0.298. The zero-order valence-electron chi connectivity index (χ0n) is 11.9. The summed E-state index contributed by atoms with van der Waals surface area (Å²) in [6.45, 7) is 9.06. The average Bonchev–Trinajstić information content (AvgIpc) is 2.35. The molecule has 0 aromatic heterocycles. The normalized spacial score (nSPS) is 31.4. The fourth-order valence-electron chi connectivity index (χ4n) is 2.97. The van der Waals surface area contributed by atoms with Gasteiger partial charge in [-0.25, -0.2) is 0 Å². The van der Waals surface area contributed by atoms with Crippen molar-refractivity contribution in [2.75, 3.05) is 0 Å². The van der Waals surface area contributed by atoms with Gasteiger partial charge < -0.3 is 5.73 Å². The molecule has 0 aliphatic heterocycles. The molecule has 2 rings (SSSR count). The first-order chi connectivity index (χ1) is 8.47. The van der Waals surface area contributed by atoms with E-state index in [0.29, 0.717) is 22.6 Å². The zero-order valence-corrected chi connectivity index (χ0v) is 12.8. The van der Waals surface area contributed by atoms with Crippen LogP contribution in [0.3, 0.4) is 0 Å².